The van der Waals surface area contributed by atoms with E-state index in [9.17, 15) is 4.79 Å². The first kappa shape index (κ1) is 12.8. The van der Waals surface area contributed by atoms with Crippen molar-refractivity contribution in [1.82, 2.24) is 19.9 Å². The van der Waals surface area contributed by atoms with Crippen LogP contribution in [0.2, 0.25) is 0 Å². The van der Waals surface area contributed by atoms with Crippen molar-refractivity contribution in [3.05, 3.63) is 47.3 Å². The largest absolute Gasteiger partial charge is 0.347 e. The molecule has 20 heavy (non-hydrogen) atoms. The Hall–Kier alpha value is -2.17. The monoisotopic (exact) mass is 270 g/mol. The summed E-state index contributed by atoms with van der Waals surface area (Å²) in [4.78, 5) is 21.0. The Morgan fingerprint density at radius 1 is 1.40 bits per heavy atom. The number of aryl methyl sites for hydroxylation is 3. The molecule has 5 nitrogen and oxygen atoms in total. The second-order valence-corrected chi connectivity index (χ2v) is 5.29. The van der Waals surface area contributed by atoms with Gasteiger partial charge in [-0.1, -0.05) is 0 Å². The second kappa shape index (κ2) is 5.07. The van der Waals surface area contributed by atoms with Gasteiger partial charge in [0.2, 0.25) is 0 Å². The fourth-order valence-corrected chi connectivity index (χ4v) is 2.67. The predicted octanol–water partition coefficient (Wildman–Crippen LogP) is 1.64. The number of fused-ring (bicyclic) bond motifs is 1. The van der Waals surface area contributed by atoms with E-state index in [1.54, 1.807) is 0 Å². The highest BCUT2D eigenvalue weighted by molar-refractivity contribution is 5.95. The molecule has 0 aliphatic carbocycles. The lowest BCUT2D eigenvalue weighted by Gasteiger charge is -2.25. The van der Waals surface area contributed by atoms with Crippen molar-refractivity contribution in [3.63, 3.8) is 0 Å². The van der Waals surface area contributed by atoms with Gasteiger partial charge in [0.25, 0.3) is 5.91 Å². The molecule has 0 spiro atoms. The van der Waals surface area contributed by atoms with E-state index in [0.717, 1.165) is 36.6 Å². The van der Waals surface area contributed by atoms with Gasteiger partial charge < -0.3 is 9.88 Å². The molecule has 0 saturated heterocycles. The van der Waals surface area contributed by atoms with Crippen LogP contribution in [0.5, 0.6) is 0 Å². The van der Waals surface area contributed by atoms with Crippen LogP contribution in [-0.4, -0.2) is 26.5 Å². The van der Waals surface area contributed by atoms with E-state index in [-0.39, 0.29) is 11.9 Å². The fraction of sp³-hybridized carbons (Fsp3) is 0.400. The number of carbonyl (C=O) groups is 1. The van der Waals surface area contributed by atoms with Crippen molar-refractivity contribution < 1.29 is 4.79 Å². The van der Waals surface area contributed by atoms with Gasteiger partial charge in [-0.05, 0) is 32.4 Å². The molecule has 2 aromatic heterocycles. The first-order chi connectivity index (χ1) is 9.63. The molecule has 1 unspecified atom stereocenters. The maximum atomic E-state index is 12.3. The molecule has 104 valence electrons. The van der Waals surface area contributed by atoms with Crippen LogP contribution in [0.1, 0.15) is 34.0 Å². The van der Waals surface area contributed by atoms with Crippen molar-refractivity contribution in [2.24, 2.45) is 0 Å². The van der Waals surface area contributed by atoms with Gasteiger partial charge in [0, 0.05) is 37.1 Å². The van der Waals surface area contributed by atoms with Gasteiger partial charge >= 0.3 is 0 Å². The number of aromatic nitrogens is 3. The van der Waals surface area contributed by atoms with E-state index in [2.05, 4.69) is 19.9 Å². The Kier molecular flexibility index (Phi) is 3.26. The second-order valence-electron chi connectivity index (χ2n) is 5.29. The zero-order valence-corrected chi connectivity index (χ0v) is 11.8. The highest BCUT2D eigenvalue weighted by atomic mass is 16.1. The molecule has 0 fully saturated rings. The summed E-state index contributed by atoms with van der Waals surface area (Å²) in [6, 6.07) is 3.87. The normalized spacial score (nSPS) is 17.6. The lowest BCUT2D eigenvalue weighted by Crippen LogP contribution is -2.41. The molecular weight excluding hydrogens is 252 g/mol. The van der Waals surface area contributed by atoms with Crippen molar-refractivity contribution in [2.75, 3.05) is 0 Å². The van der Waals surface area contributed by atoms with E-state index < -0.39 is 0 Å². The summed E-state index contributed by atoms with van der Waals surface area (Å²) in [5.74, 6) is 1.06. The van der Waals surface area contributed by atoms with Crippen LogP contribution in [0.15, 0.2) is 24.5 Å². The lowest BCUT2D eigenvalue weighted by atomic mass is 10.1. The molecule has 0 radical (unpaired) electrons. The maximum absolute atomic E-state index is 12.3. The van der Waals surface area contributed by atoms with E-state index in [0.29, 0.717) is 5.56 Å². The summed E-state index contributed by atoms with van der Waals surface area (Å²) in [5, 5.41) is 3.10. The maximum Gasteiger partial charge on any atom is 0.253 e. The van der Waals surface area contributed by atoms with Gasteiger partial charge in [-0.2, -0.15) is 0 Å². The van der Waals surface area contributed by atoms with Gasteiger partial charge in [-0.3, -0.25) is 9.78 Å². The predicted molar refractivity (Wildman–Crippen MR) is 75.5 cm³/mol. The van der Waals surface area contributed by atoms with Crippen LogP contribution < -0.4 is 5.32 Å². The molecule has 3 rings (SSSR count). The Morgan fingerprint density at radius 3 is 3.05 bits per heavy atom. The molecule has 1 N–H and O–H groups in total. The summed E-state index contributed by atoms with van der Waals surface area (Å²) in [7, 11) is 0. The van der Waals surface area contributed by atoms with Gasteiger partial charge in [-0.25, -0.2) is 4.98 Å². The molecule has 1 atom stereocenters. The van der Waals surface area contributed by atoms with E-state index >= 15 is 0 Å². The molecule has 2 aromatic rings. The van der Waals surface area contributed by atoms with Gasteiger partial charge in [0.05, 0.1) is 11.3 Å². The number of carbonyl (C=O) groups excluding carboxylic acids is 1. The molecule has 0 aromatic carbocycles. The van der Waals surface area contributed by atoms with Crippen molar-refractivity contribution in [2.45, 2.75) is 39.3 Å². The number of rotatable bonds is 2. The number of pyridine rings is 1. The van der Waals surface area contributed by atoms with Crippen LogP contribution in [0.3, 0.4) is 0 Å². The minimum atomic E-state index is -0.0384. The highest BCUT2D eigenvalue weighted by Crippen LogP contribution is 2.14. The molecular formula is C15H18N4O. The smallest absolute Gasteiger partial charge is 0.253 e. The first-order valence-corrected chi connectivity index (χ1v) is 6.88. The zero-order chi connectivity index (χ0) is 14.1. The van der Waals surface area contributed by atoms with E-state index in [1.807, 2.05) is 38.4 Å². The van der Waals surface area contributed by atoms with Gasteiger partial charge in [0.1, 0.15) is 5.82 Å². The highest BCUT2D eigenvalue weighted by Gasteiger charge is 2.21. The average molecular weight is 270 g/mol. The lowest BCUT2D eigenvalue weighted by molar-refractivity contribution is 0.0926. The Morgan fingerprint density at radius 2 is 2.25 bits per heavy atom. The number of nitrogens with one attached hydrogen (secondary N) is 1. The Bertz CT molecular complexity index is 647. The number of hydrogen-bond acceptors (Lipinski definition) is 3. The summed E-state index contributed by atoms with van der Waals surface area (Å²) < 4.78 is 2.11. The van der Waals surface area contributed by atoms with Crippen LogP contribution in [0.4, 0.5) is 0 Å². The zero-order valence-electron chi connectivity index (χ0n) is 11.8. The summed E-state index contributed by atoms with van der Waals surface area (Å²) >= 11 is 0. The van der Waals surface area contributed by atoms with Gasteiger partial charge in [0.15, 0.2) is 0 Å². The third-order valence-electron chi connectivity index (χ3n) is 3.74. The van der Waals surface area contributed by atoms with Crippen LogP contribution >= 0.6 is 0 Å². The number of nitrogens with zero attached hydrogens (tertiary/aromatic N) is 3. The third kappa shape index (κ3) is 2.43. The molecule has 3 heterocycles. The summed E-state index contributed by atoms with van der Waals surface area (Å²) in [5.41, 5.74) is 2.37. The first-order valence-electron chi connectivity index (χ1n) is 6.88. The SMILES string of the molecule is Cc1ccc(C(=O)NC2CCc3nccn3C2)c(C)n1. The van der Waals surface area contributed by atoms with Crippen molar-refractivity contribution in [1.29, 1.82) is 0 Å². The Labute approximate surface area is 118 Å². The fourth-order valence-electron chi connectivity index (χ4n) is 2.67. The topological polar surface area (TPSA) is 59.8 Å². The van der Waals surface area contributed by atoms with Crippen LogP contribution in [0, 0.1) is 13.8 Å². The van der Waals surface area contributed by atoms with Crippen molar-refractivity contribution >= 4 is 5.91 Å². The van der Waals surface area contributed by atoms with E-state index in [4.69, 9.17) is 0 Å². The van der Waals surface area contributed by atoms with Crippen LogP contribution in [0.25, 0.3) is 0 Å². The molecule has 1 aliphatic rings. The minimum Gasteiger partial charge on any atom is -0.347 e. The van der Waals surface area contributed by atoms with E-state index in [1.165, 1.54) is 0 Å². The molecule has 1 aliphatic heterocycles. The minimum absolute atomic E-state index is 0.0384. The van der Waals surface area contributed by atoms with Crippen LogP contribution in [-0.2, 0) is 13.0 Å². The third-order valence-corrected chi connectivity index (χ3v) is 3.74. The Balaban J connectivity index is 1.71. The number of hydrogen-bond donors (Lipinski definition) is 1. The van der Waals surface area contributed by atoms with Gasteiger partial charge in [-0.15, -0.1) is 0 Å². The average Bonchev–Trinajstić information content (AvgIpc) is 2.85. The molecule has 0 bridgehead atoms. The summed E-state index contributed by atoms with van der Waals surface area (Å²) in [6.07, 6.45) is 5.62. The molecule has 0 saturated carbocycles. The quantitative estimate of drug-likeness (QED) is 0.902. The summed E-state index contributed by atoms with van der Waals surface area (Å²) in [6.45, 7) is 4.59. The standard InChI is InChI=1S/C15H18N4O/c1-10-3-5-13(11(2)17-10)15(20)18-12-4-6-14-16-7-8-19(14)9-12/h3,5,7-8,12H,4,6,9H2,1-2H3,(H,18,20). The molecule has 5 heteroatoms. The number of imidazole rings is 1. The number of amides is 1. The molecule has 1 amide bonds. The van der Waals surface area contributed by atoms with Crippen molar-refractivity contribution in [3.8, 4) is 0 Å².